The van der Waals surface area contributed by atoms with Gasteiger partial charge in [0.15, 0.2) is 0 Å². The first-order chi connectivity index (χ1) is 14.9. The number of hydrogen-bond acceptors (Lipinski definition) is 8. The van der Waals surface area contributed by atoms with E-state index in [-0.39, 0.29) is 30.5 Å². The van der Waals surface area contributed by atoms with Crippen molar-refractivity contribution in [3.63, 3.8) is 0 Å². The van der Waals surface area contributed by atoms with E-state index in [1.165, 1.54) is 24.5 Å². The van der Waals surface area contributed by atoms with E-state index in [1.807, 2.05) is 13.8 Å². The van der Waals surface area contributed by atoms with Crippen LogP contribution in [0.5, 0.6) is 5.88 Å². The van der Waals surface area contributed by atoms with Gasteiger partial charge in [-0.1, -0.05) is 13.8 Å². The topological polar surface area (TPSA) is 121 Å². The molecule has 3 heterocycles. The van der Waals surface area contributed by atoms with Gasteiger partial charge in [-0.25, -0.2) is 19.4 Å². The lowest BCUT2D eigenvalue weighted by Gasteiger charge is -2.42. The van der Waals surface area contributed by atoms with Crippen molar-refractivity contribution in [2.24, 2.45) is 16.1 Å². The summed E-state index contributed by atoms with van der Waals surface area (Å²) in [6.45, 7) is 5.17. The number of carbonyl (C=O) groups excluding carboxylic acids is 1. The van der Waals surface area contributed by atoms with Crippen molar-refractivity contribution < 1.29 is 23.4 Å². The molecule has 2 aliphatic heterocycles. The van der Waals surface area contributed by atoms with Crippen LogP contribution in [0.25, 0.3) is 0 Å². The van der Waals surface area contributed by atoms with Gasteiger partial charge in [0.25, 0.3) is 11.9 Å². The van der Waals surface area contributed by atoms with Gasteiger partial charge in [0, 0.05) is 11.3 Å². The predicted octanol–water partition coefficient (Wildman–Crippen LogP) is 2.23. The summed E-state index contributed by atoms with van der Waals surface area (Å²) in [5, 5.41) is 2.73. The van der Waals surface area contributed by atoms with Gasteiger partial charge in [0.2, 0.25) is 5.88 Å². The zero-order valence-corrected chi connectivity index (χ0v) is 17.4. The Kier molecular flexibility index (Phi) is 5.48. The monoisotopic (exact) mass is 429 g/mol. The second kappa shape index (κ2) is 8.10. The van der Waals surface area contributed by atoms with Crippen LogP contribution >= 0.6 is 0 Å². The summed E-state index contributed by atoms with van der Waals surface area (Å²) in [6, 6.07) is 4.29. The molecule has 0 bridgehead atoms. The number of nitrogens with two attached hydrogens (primary N) is 1. The molecule has 31 heavy (non-hydrogen) atoms. The van der Waals surface area contributed by atoms with E-state index in [9.17, 15) is 9.18 Å². The third kappa shape index (κ3) is 3.78. The minimum atomic E-state index is -1.04. The van der Waals surface area contributed by atoms with Crippen LogP contribution in [-0.2, 0) is 15.0 Å². The van der Waals surface area contributed by atoms with Crippen molar-refractivity contribution in [1.29, 1.82) is 0 Å². The average molecular weight is 429 g/mol. The Morgan fingerprint density at radius 3 is 2.87 bits per heavy atom. The van der Waals surface area contributed by atoms with Crippen LogP contribution in [0.4, 0.5) is 10.1 Å². The van der Waals surface area contributed by atoms with E-state index in [0.717, 1.165) is 6.42 Å². The molecule has 10 heteroatoms. The second-order valence-electron chi connectivity index (χ2n) is 7.89. The molecule has 0 unspecified atom stereocenters. The number of carbonyl (C=O) groups is 1. The Bertz CT molecular complexity index is 1020. The summed E-state index contributed by atoms with van der Waals surface area (Å²) >= 11 is 0. The molecule has 3 N–H and O–H groups in total. The zero-order chi connectivity index (χ0) is 22.1. The molecule has 1 aromatic heterocycles. The lowest BCUT2D eigenvalue weighted by molar-refractivity contribution is 0.0665. The summed E-state index contributed by atoms with van der Waals surface area (Å²) in [6.07, 6.45) is 3.56. The first kappa shape index (κ1) is 21.0. The molecule has 0 spiro atoms. The summed E-state index contributed by atoms with van der Waals surface area (Å²) in [7, 11) is 0. The molecule has 0 radical (unpaired) electrons. The third-order valence-corrected chi connectivity index (χ3v) is 5.55. The molecule has 1 amide bonds. The number of halogens is 1. The van der Waals surface area contributed by atoms with Crippen LogP contribution in [0.2, 0.25) is 0 Å². The van der Waals surface area contributed by atoms with Crippen molar-refractivity contribution in [3.8, 4) is 5.88 Å². The number of anilines is 1. The fourth-order valence-electron chi connectivity index (χ4n) is 3.79. The molecule has 2 aliphatic rings. The van der Waals surface area contributed by atoms with Gasteiger partial charge in [-0.15, -0.1) is 0 Å². The Morgan fingerprint density at radius 1 is 1.29 bits per heavy atom. The highest BCUT2D eigenvalue weighted by Crippen LogP contribution is 2.51. The first-order valence-corrected chi connectivity index (χ1v) is 9.99. The SMILES string of the molecule is CCCOc1cnc(C(=O)Nc2ccc(F)c([C@]34COC[C@@]3(C)COC(N)=N4)c2)cn1. The number of aromatic nitrogens is 2. The van der Waals surface area contributed by atoms with E-state index in [4.69, 9.17) is 19.9 Å². The van der Waals surface area contributed by atoms with Gasteiger partial charge >= 0.3 is 0 Å². The molecule has 1 saturated heterocycles. The molecule has 1 fully saturated rings. The Labute approximate surface area is 178 Å². The number of aliphatic imine (C=N–C) groups is 1. The Morgan fingerprint density at radius 2 is 2.13 bits per heavy atom. The molecule has 0 aliphatic carbocycles. The van der Waals surface area contributed by atoms with Crippen molar-refractivity contribution in [1.82, 2.24) is 9.97 Å². The van der Waals surface area contributed by atoms with Crippen LogP contribution in [0, 0.1) is 11.2 Å². The van der Waals surface area contributed by atoms with E-state index >= 15 is 0 Å². The van der Waals surface area contributed by atoms with Crippen molar-refractivity contribution >= 4 is 17.6 Å². The molecule has 1 aromatic carbocycles. The second-order valence-corrected chi connectivity index (χ2v) is 7.89. The molecule has 4 rings (SSSR count). The number of rotatable bonds is 6. The van der Waals surface area contributed by atoms with Crippen molar-refractivity contribution in [2.45, 2.75) is 25.8 Å². The summed E-state index contributed by atoms with van der Waals surface area (Å²) in [4.78, 5) is 25.2. The number of ether oxygens (including phenoxy) is 3. The Balaban J connectivity index is 1.60. The number of amidine groups is 1. The zero-order valence-electron chi connectivity index (χ0n) is 17.4. The fraction of sp³-hybridized carbons (Fsp3) is 0.429. The molecule has 2 aromatic rings. The van der Waals surface area contributed by atoms with E-state index in [2.05, 4.69) is 20.3 Å². The van der Waals surface area contributed by atoms with Crippen LogP contribution in [0.15, 0.2) is 35.6 Å². The van der Waals surface area contributed by atoms with Crippen LogP contribution < -0.4 is 15.8 Å². The molecular weight excluding hydrogens is 405 g/mol. The standard InChI is InChI=1S/C21H24FN5O4/c1-3-6-30-17-9-24-16(8-25-17)18(28)26-13-4-5-15(22)14(7-13)21-12-29-10-20(21,2)11-31-19(23)27-21/h4-5,7-9H,3,6,10-12H2,1-2H3,(H2,23,27)(H,26,28)/t20-,21+/m0/s1. The average Bonchev–Trinajstić information content (AvgIpc) is 3.11. The smallest absolute Gasteiger partial charge is 0.282 e. The van der Waals surface area contributed by atoms with Gasteiger partial charge in [0.1, 0.15) is 23.7 Å². The fourth-order valence-corrected chi connectivity index (χ4v) is 3.79. The van der Waals surface area contributed by atoms with E-state index in [0.29, 0.717) is 24.8 Å². The number of nitrogens with one attached hydrogen (secondary N) is 1. The van der Waals surface area contributed by atoms with Gasteiger partial charge in [-0.3, -0.25) is 4.79 Å². The predicted molar refractivity (Wildman–Crippen MR) is 110 cm³/mol. The number of fused-ring (bicyclic) bond motifs is 1. The van der Waals surface area contributed by atoms with Gasteiger partial charge in [-0.2, -0.15) is 0 Å². The van der Waals surface area contributed by atoms with Gasteiger partial charge in [0.05, 0.1) is 37.6 Å². The van der Waals surface area contributed by atoms with Gasteiger partial charge in [-0.05, 0) is 24.6 Å². The lowest BCUT2D eigenvalue weighted by Crippen LogP contribution is -2.50. The maximum absolute atomic E-state index is 14.9. The van der Waals surface area contributed by atoms with Crippen molar-refractivity contribution in [2.75, 3.05) is 31.7 Å². The third-order valence-electron chi connectivity index (χ3n) is 5.55. The minimum absolute atomic E-state index is 0.0162. The maximum atomic E-state index is 14.9. The van der Waals surface area contributed by atoms with Crippen molar-refractivity contribution in [3.05, 3.63) is 47.7 Å². The highest BCUT2D eigenvalue weighted by atomic mass is 19.1. The number of nitrogens with zero attached hydrogens (tertiary/aromatic N) is 3. The van der Waals surface area contributed by atoms with E-state index in [1.54, 1.807) is 6.07 Å². The maximum Gasteiger partial charge on any atom is 0.282 e. The van der Waals surface area contributed by atoms with Crippen LogP contribution in [0.1, 0.15) is 36.3 Å². The van der Waals surface area contributed by atoms with E-state index < -0.39 is 22.7 Å². The quantitative estimate of drug-likeness (QED) is 0.722. The molecule has 164 valence electrons. The Hall–Kier alpha value is -3.27. The lowest BCUT2D eigenvalue weighted by atomic mass is 9.69. The molecule has 0 saturated carbocycles. The highest BCUT2D eigenvalue weighted by Gasteiger charge is 2.58. The molecular formula is C21H24FN5O4. The van der Waals surface area contributed by atoms with Crippen LogP contribution in [0.3, 0.4) is 0 Å². The van der Waals surface area contributed by atoms with Crippen LogP contribution in [-0.4, -0.2) is 48.3 Å². The number of amides is 1. The largest absolute Gasteiger partial charge is 0.477 e. The highest BCUT2D eigenvalue weighted by molar-refractivity contribution is 6.02. The normalized spacial score (nSPS) is 24.7. The number of hydrogen-bond donors (Lipinski definition) is 2. The molecule has 9 nitrogen and oxygen atoms in total. The number of benzene rings is 1. The first-order valence-electron chi connectivity index (χ1n) is 9.99. The summed E-state index contributed by atoms with van der Waals surface area (Å²) in [5.41, 5.74) is 4.95. The summed E-state index contributed by atoms with van der Waals surface area (Å²) < 4.78 is 31.4. The van der Waals surface area contributed by atoms with Gasteiger partial charge < -0.3 is 25.3 Å². The minimum Gasteiger partial charge on any atom is -0.477 e. The molecule has 2 atom stereocenters. The summed E-state index contributed by atoms with van der Waals surface area (Å²) in [5.74, 6) is -0.604.